The Kier molecular flexibility index (Phi) is 5.66. The molecule has 0 atom stereocenters. The number of imide groups is 1. The molecule has 1 aliphatic rings. The number of amides is 2. The molecular formula is C27H25ClN2O2. The van der Waals surface area contributed by atoms with Crippen molar-refractivity contribution in [2.24, 2.45) is 0 Å². The van der Waals surface area contributed by atoms with Gasteiger partial charge >= 0.3 is 0 Å². The van der Waals surface area contributed by atoms with Gasteiger partial charge in [-0.25, -0.2) is 4.90 Å². The number of halogens is 1. The lowest BCUT2D eigenvalue weighted by Gasteiger charge is -2.16. The Hall–Kier alpha value is -3.37. The van der Waals surface area contributed by atoms with Gasteiger partial charge in [0.1, 0.15) is 5.70 Å². The highest BCUT2D eigenvalue weighted by atomic mass is 35.5. The number of nitrogens with one attached hydrogen (secondary N) is 1. The molecule has 0 aromatic heterocycles. The van der Waals surface area contributed by atoms with Crippen molar-refractivity contribution in [1.82, 2.24) is 0 Å². The number of benzene rings is 3. The Morgan fingerprint density at radius 3 is 2.03 bits per heavy atom. The first-order chi connectivity index (χ1) is 15.2. The molecule has 32 heavy (non-hydrogen) atoms. The van der Waals surface area contributed by atoms with Crippen molar-refractivity contribution in [2.45, 2.75) is 34.6 Å². The second-order valence-corrected chi connectivity index (χ2v) is 8.86. The zero-order valence-electron chi connectivity index (χ0n) is 18.8. The number of carbonyl (C=O) groups excluding carboxylic acids is 2. The Morgan fingerprint density at radius 1 is 0.719 bits per heavy atom. The van der Waals surface area contributed by atoms with Crippen LogP contribution in [0.3, 0.4) is 0 Å². The van der Waals surface area contributed by atoms with E-state index in [9.17, 15) is 9.59 Å². The normalized spacial score (nSPS) is 13.9. The van der Waals surface area contributed by atoms with Crippen molar-refractivity contribution >= 4 is 40.4 Å². The molecule has 1 aliphatic heterocycles. The van der Waals surface area contributed by atoms with Crippen LogP contribution in [0, 0.1) is 34.6 Å². The highest BCUT2D eigenvalue weighted by Gasteiger charge is 2.40. The Labute approximate surface area is 193 Å². The maximum Gasteiger partial charge on any atom is 0.282 e. The van der Waals surface area contributed by atoms with Gasteiger partial charge in [-0.1, -0.05) is 47.5 Å². The molecule has 0 aliphatic carbocycles. The predicted octanol–water partition coefficient (Wildman–Crippen LogP) is 6.28. The third-order valence-corrected chi connectivity index (χ3v) is 6.05. The van der Waals surface area contributed by atoms with Gasteiger partial charge < -0.3 is 5.32 Å². The molecular weight excluding hydrogens is 420 g/mol. The van der Waals surface area contributed by atoms with Crippen LogP contribution in [0.15, 0.2) is 60.3 Å². The smallest absolute Gasteiger partial charge is 0.282 e. The van der Waals surface area contributed by atoms with Crippen LogP contribution in [-0.2, 0) is 9.59 Å². The summed E-state index contributed by atoms with van der Waals surface area (Å²) in [5.74, 6) is -0.766. The van der Waals surface area contributed by atoms with Gasteiger partial charge in [0, 0.05) is 10.7 Å². The molecule has 0 saturated heterocycles. The summed E-state index contributed by atoms with van der Waals surface area (Å²) in [6, 6.07) is 17.1. The Balaban J connectivity index is 1.88. The van der Waals surface area contributed by atoms with E-state index in [1.165, 1.54) is 4.90 Å². The van der Waals surface area contributed by atoms with E-state index in [4.69, 9.17) is 11.6 Å². The topological polar surface area (TPSA) is 49.4 Å². The standard InChI is InChI=1S/C27H25ClN2O2/c1-15-6-9-22(19(5)11-15)24-25(29-20-12-16(2)10-17(3)13-20)27(32)30(26(24)31)21-8-7-18(4)23(28)14-21/h6-14,29H,1-5H3. The first-order valence-corrected chi connectivity index (χ1v) is 10.9. The first kappa shape index (κ1) is 21.8. The highest BCUT2D eigenvalue weighted by Crippen LogP contribution is 2.36. The van der Waals surface area contributed by atoms with Crippen LogP contribution in [0.1, 0.15) is 33.4 Å². The molecule has 2 amide bonds. The van der Waals surface area contributed by atoms with Gasteiger partial charge in [0.2, 0.25) is 0 Å². The summed E-state index contributed by atoms with van der Waals surface area (Å²) < 4.78 is 0. The molecule has 0 saturated carbocycles. The van der Waals surface area contributed by atoms with Gasteiger partial charge in [0.15, 0.2) is 0 Å². The lowest BCUT2D eigenvalue weighted by atomic mass is 9.97. The molecule has 0 bridgehead atoms. The van der Waals surface area contributed by atoms with Gasteiger partial charge in [-0.3, -0.25) is 9.59 Å². The molecule has 5 heteroatoms. The minimum atomic E-state index is -0.399. The Morgan fingerprint density at radius 2 is 1.41 bits per heavy atom. The number of aryl methyl sites for hydroxylation is 5. The van der Waals surface area contributed by atoms with E-state index in [0.29, 0.717) is 16.3 Å². The van der Waals surface area contributed by atoms with Crippen molar-refractivity contribution in [3.63, 3.8) is 0 Å². The molecule has 1 heterocycles. The molecule has 0 spiro atoms. The van der Waals surface area contributed by atoms with Gasteiger partial charge in [-0.15, -0.1) is 0 Å². The van der Waals surface area contributed by atoms with E-state index >= 15 is 0 Å². The van der Waals surface area contributed by atoms with Crippen molar-refractivity contribution in [1.29, 1.82) is 0 Å². The van der Waals surface area contributed by atoms with E-state index in [1.54, 1.807) is 12.1 Å². The third-order valence-electron chi connectivity index (χ3n) is 5.64. The molecule has 0 fully saturated rings. The quantitative estimate of drug-likeness (QED) is 0.482. The number of rotatable bonds is 4. The second kappa shape index (κ2) is 8.29. The summed E-state index contributed by atoms with van der Waals surface area (Å²) >= 11 is 6.31. The summed E-state index contributed by atoms with van der Waals surface area (Å²) in [7, 11) is 0. The van der Waals surface area contributed by atoms with Gasteiger partial charge in [-0.2, -0.15) is 0 Å². The SMILES string of the molecule is Cc1cc(C)cc(NC2=C(c3ccc(C)cc3C)C(=O)N(c3ccc(C)c(Cl)c3)C2=O)c1. The van der Waals surface area contributed by atoms with Crippen LogP contribution in [0.4, 0.5) is 11.4 Å². The van der Waals surface area contributed by atoms with Crippen molar-refractivity contribution in [3.05, 3.63) is 98.7 Å². The van der Waals surface area contributed by atoms with Crippen molar-refractivity contribution in [3.8, 4) is 0 Å². The van der Waals surface area contributed by atoms with Crippen LogP contribution >= 0.6 is 11.6 Å². The first-order valence-electron chi connectivity index (χ1n) is 10.5. The van der Waals surface area contributed by atoms with Crippen molar-refractivity contribution < 1.29 is 9.59 Å². The van der Waals surface area contributed by atoms with Gasteiger partial charge in [-0.05, 0) is 86.7 Å². The van der Waals surface area contributed by atoms with Gasteiger partial charge in [0.25, 0.3) is 11.8 Å². The molecule has 3 aromatic rings. The number of hydrogen-bond acceptors (Lipinski definition) is 3. The van der Waals surface area contributed by atoms with Crippen LogP contribution in [0.2, 0.25) is 5.02 Å². The van der Waals surface area contributed by atoms with E-state index in [1.807, 2.05) is 71.0 Å². The maximum atomic E-state index is 13.6. The van der Waals surface area contributed by atoms with E-state index in [-0.39, 0.29) is 11.6 Å². The molecule has 0 radical (unpaired) electrons. The zero-order chi connectivity index (χ0) is 23.2. The van der Waals surface area contributed by atoms with Crippen LogP contribution in [0.25, 0.3) is 5.57 Å². The Bertz CT molecular complexity index is 1290. The molecule has 4 rings (SSSR count). The summed E-state index contributed by atoms with van der Waals surface area (Å²) in [5.41, 5.74) is 7.64. The summed E-state index contributed by atoms with van der Waals surface area (Å²) in [6.07, 6.45) is 0. The minimum Gasteiger partial charge on any atom is -0.350 e. The van der Waals surface area contributed by atoms with Crippen molar-refractivity contribution in [2.75, 3.05) is 10.2 Å². The van der Waals surface area contributed by atoms with E-state index < -0.39 is 5.91 Å². The van der Waals surface area contributed by atoms with E-state index in [2.05, 4.69) is 11.4 Å². The number of hydrogen-bond donors (Lipinski definition) is 1. The summed E-state index contributed by atoms with van der Waals surface area (Å²) in [4.78, 5) is 28.4. The highest BCUT2D eigenvalue weighted by molar-refractivity contribution is 6.46. The maximum absolute atomic E-state index is 13.6. The average molecular weight is 445 g/mol. The van der Waals surface area contributed by atoms with Gasteiger partial charge in [0.05, 0.1) is 11.3 Å². The third kappa shape index (κ3) is 3.94. The zero-order valence-corrected chi connectivity index (χ0v) is 19.6. The monoisotopic (exact) mass is 444 g/mol. The molecule has 1 N–H and O–H groups in total. The summed E-state index contributed by atoms with van der Waals surface area (Å²) in [6.45, 7) is 9.83. The number of carbonyl (C=O) groups is 2. The molecule has 0 unspecified atom stereocenters. The lowest BCUT2D eigenvalue weighted by Crippen LogP contribution is -2.32. The summed E-state index contributed by atoms with van der Waals surface area (Å²) in [5, 5.41) is 3.76. The van der Waals surface area contributed by atoms with Crippen LogP contribution < -0.4 is 10.2 Å². The lowest BCUT2D eigenvalue weighted by molar-refractivity contribution is -0.120. The molecule has 4 nitrogen and oxygen atoms in total. The molecule has 162 valence electrons. The average Bonchev–Trinajstić information content (AvgIpc) is 2.93. The fourth-order valence-corrected chi connectivity index (χ4v) is 4.31. The minimum absolute atomic E-state index is 0.267. The fourth-order valence-electron chi connectivity index (χ4n) is 4.14. The van der Waals surface area contributed by atoms with E-state index in [0.717, 1.165) is 39.1 Å². The number of anilines is 2. The fraction of sp³-hybridized carbons (Fsp3) is 0.185. The largest absolute Gasteiger partial charge is 0.350 e. The predicted molar refractivity (Wildman–Crippen MR) is 131 cm³/mol. The molecule has 3 aromatic carbocycles. The number of nitrogens with zero attached hydrogens (tertiary/aromatic N) is 1. The van der Waals surface area contributed by atoms with Crippen LogP contribution in [0.5, 0.6) is 0 Å². The second-order valence-electron chi connectivity index (χ2n) is 8.45. The van der Waals surface area contributed by atoms with Crippen LogP contribution in [-0.4, -0.2) is 11.8 Å².